The molecule has 0 aliphatic rings. The van der Waals surface area contributed by atoms with Gasteiger partial charge in [0.15, 0.2) is 0 Å². The number of nitrogens with zero attached hydrogens (tertiary/aromatic N) is 2. The molecule has 0 radical (unpaired) electrons. The third kappa shape index (κ3) is 3.74. The first-order chi connectivity index (χ1) is 8.78. The lowest BCUT2D eigenvalue weighted by Gasteiger charge is -2.05. The van der Waals surface area contributed by atoms with Crippen LogP contribution in [0.5, 0.6) is 0 Å². The van der Waals surface area contributed by atoms with Gasteiger partial charge in [0.25, 0.3) is 0 Å². The molecule has 18 heavy (non-hydrogen) atoms. The number of pyridine rings is 1. The highest BCUT2D eigenvalue weighted by molar-refractivity contribution is 9.10. The van der Waals surface area contributed by atoms with Crippen LogP contribution in [0, 0.1) is 0 Å². The van der Waals surface area contributed by atoms with Crippen LogP contribution in [0.25, 0.3) is 0 Å². The van der Waals surface area contributed by atoms with Gasteiger partial charge in [-0.3, -0.25) is 0 Å². The van der Waals surface area contributed by atoms with Crippen molar-refractivity contribution < 1.29 is 0 Å². The number of rotatable bonds is 4. The molecule has 0 aliphatic heterocycles. The van der Waals surface area contributed by atoms with Crippen LogP contribution in [0.3, 0.4) is 0 Å². The lowest BCUT2D eigenvalue weighted by molar-refractivity contribution is 1.11. The summed E-state index contributed by atoms with van der Waals surface area (Å²) in [6.07, 6.45) is 1.66. The summed E-state index contributed by atoms with van der Waals surface area (Å²) < 4.78 is 1.08. The van der Waals surface area contributed by atoms with Crippen molar-refractivity contribution in [1.82, 2.24) is 4.98 Å². The van der Waals surface area contributed by atoms with E-state index in [0.717, 1.165) is 16.8 Å². The van der Waals surface area contributed by atoms with E-state index < -0.39 is 0 Å². The van der Waals surface area contributed by atoms with E-state index in [1.807, 2.05) is 24.3 Å². The molecule has 90 valence electrons. The minimum absolute atomic E-state index is 0.708. The normalized spacial score (nSPS) is 9.61. The largest absolute Gasteiger partial charge is 0.366 e. The number of nitrogens with one attached hydrogen (secondary N) is 1. The molecule has 1 heterocycles. The monoisotopic (exact) mass is 319 g/mol. The standard InChI is InChI=1S/C13H10BrN3S/c14-11-3-1-10(2-4-11)7-15-13-6-5-12(8-16-13)17-9-18/h1-6,8H,7H2,(H,15,16). The van der Waals surface area contributed by atoms with E-state index in [-0.39, 0.29) is 0 Å². The Morgan fingerprint density at radius 3 is 2.61 bits per heavy atom. The molecule has 2 rings (SSSR count). The van der Waals surface area contributed by atoms with Crippen LogP contribution in [-0.2, 0) is 6.54 Å². The second-order valence-corrected chi connectivity index (χ2v) is 4.68. The molecule has 0 amide bonds. The van der Waals surface area contributed by atoms with Gasteiger partial charge in [-0.1, -0.05) is 28.1 Å². The number of thiocarbonyl (C=S) groups is 1. The maximum Gasteiger partial charge on any atom is 0.126 e. The van der Waals surface area contributed by atoms with E-state index in [1.54, 1.807) is 6.20 Å². The summed E-state index contributed by atoms with van der Waals surface area (Å²) in [6, 6.07) is 11.9. The van der Waals surface area contributed by atoms with Crippen molar-refractivity contribution in [1.29, 1.82) is 0 Å². The highest BCUT2D eigenvalue weighted by Crippen LogP contribution is 2.14. The van der Waals surface area contributed by atoms with Crippen molar-refractivity contribution in [3.05, 3.63) is 52.6 Å². The Bertz CT molecular complexity index is 560. The lowest BCUT2D eigenvalue weighted by Crippen LogP contribution is -2.00. The molecule has 5 heteroatoms. The van der Waals surface area contributed by atoms with Gasteiger partial charge in [-0.05, 0) is 42.0 Å². The molecule has 0 aliphatic carbocycles. The Kier molecular flexibility index (Phi) is 4.59. The molecule has 0 bridgehead atoms. The van der Waals surface area contributed by atoms with Gasteiger partial charge in [-0.2, -0.15) is 4.99 Å². The molecule has 2 aromatic rings. The van der Waals surface area contributed by atoms with Gasteiger partial charge in [0.2, 0.25) is 0 Å². The van der Waals surface area contributed by atoms with Crippen LogP contribution in [-0.4, -0.2) is 10.1 Å². The second kappa shape index (κ2) is 6.40. The van der Waals surface area contributed by atoms with Crippen molar-refractivity contribution in [2.45, 2.75) is 6.54 Å². The number of halogens is 1. The summed E-state index contributed by atoms with van der Waals surface area (Å²) in [7, 11) is 0. The fourth-order valence-electron chi connectivity index (χ4n) is 1.40. The zero-order valence-electron chi connectivity index (χ0n) is 9.43. The van der Waals surface area contributed by atoms with Crippen molar-refractivity contribution in [2.75, 3.05) is 5.32 Å². The van der Waals surface area contributed by atoms with Crippen LogP contribution in [0.2, 0.25) is 0 Å². The lowest BCUT2D eigenvalue weighted by atomic mass is 10.2. The minimum Gasteiger partial charge on any atom is -0.366 e. The van der Waals surface area contributed by atoms with E-state index in [2.05, 4.69) is 60.7 Å². The second-order valence-electron chi connectivity index (χ2n) is 3.58. The average molecular weight is 320 g/mol. The highest BCUT2D eigenvalue weighted by atomic mass is 79.9. The Morgan fingerprint density at radius 1 is 1.22 bits per heavy atom. The molecular formula is C13H10BrN3S. The van der Waals surface area contributed by atoms with Gasteiger partial charge in [0.05, 0.1) is 17.0 Å². The van der Waals surface area contributed by atoms with Crippen LogP contribution in [0.4, 0.5) is 11.5 Å². The van der Waals surface area contributed by atoms with Gasteiger partial charge in [-0.25, -0.2) is 4.98 Å². The van der Waals surface area contributed by atoms with Gasteiger partial charge >= 0.3 is 0 Å². The fourth-order valence-corrected chi connectivity index (χ4v) is 1.77. The SMILES string of the molecule is S=C=Nc1ccc(NCc2ccc(Br)cc2)nc1. The van der Waals surface area contributed by atoms with E-state index in [1.165, 1.54) is 5.56 Å². The average Bonchev–Trinajstić information content (AvgIpc) is 2.40. The quantitative estimate of drug-likeness (QED) is 0.678. The summed E-state index contributed by atoms with van der Waals surface area (Å²) in [5.41, 5.74) is 1.90. The van der Waals surface area contributed by atoms with Crippen LogP contribution < -0.4 is 5.32 Å². The van der Waals surface area contributed by atoms with Crippen molar-refractivity contribution in [2.24, 2.45) is 4.99 Å². The predicted molar refractivity (Wildman–Crippen MR) is 80.4 cm³/mol. The first kappa shape index (κ1) is 12.9. The Morgan fingerprint density at radius 2 is 2.00 bits per heavy atom. The first-order valence-corrected chi connectivity index (χ1v) is 6.50. The topological polar surface area (TPSA) is 37.3 Å². The summed E-state index contributed by atoms with van der Waals surface area (Å²) >= 11 is 7.94. The third-order valence-electron chi connectivity index (χ3n) is 2.31. The zero-order chi connectivity index (χ0) is 12.8. The molecule has 1 aromatic heterocycles. The Labute approximate surface area is 119 Å². The molecule has 1 N–H and O–H groups in total. The summed E-state index contributed by atoms with van der Waals surface area (Å²) in [5, 5.41) is 5.55. The molecule has 0 saturated carbocycles. The number of anilines is 1. The van der Waals surface area contributed by atoms with Crippen molar-refractivity contribution in [3.63, 3.8) is 0 Å². The molecular weight excluding hydrogens is 310 g/mol. The summed E-state index contributed by atoms with van der Waals surface area (Å²) in [4.78, 5) is 8.07. The molecule has 1 aromatic carbocycles. The number of benzene rings is 1. The first-order valence-electron chi connectivity index (χ1n) is 5.30. The summed E-state index contributed by atoms with van der Waals surface area (Å²) in [5.74, 6) is 0.807. The summed E-state index contributed by atoms with van der Waals surface area (Å²) in [6.45, 7) is 0.732. The molecule has 0 fully saturated rings. The number of isothiocyanates is 1. The van der Waals surface area contributed by atoms with Crippen LogP contribution in [0.1, 0.15) is 5.56 Å². The zero-order valence-corrected chi connectivity index (χ0v) is 11.8. The molecule has 0 unspecified atom stereocenters. The van der Waals surface area contributed by atoms with Crippen molar-refractivity contribution >= 4 is 44.8 Å². The Balaban J connectivity index is 1.97. The molecule has 0 saturated heterocycles. The van der Waals surface area contributed by atoms with E-state index in [9.17, 15) is 0 Å². The predicted octanol–water partition coefficient (Wildman–Crippen LogP) is 4.19. The maximum absolute atomic E-state index is 4.53. The molecule has 0 spiro atoms. The van der Waals surface area contributed by atoms with E-state index in [0.29, 0.717) is 5.69 Å². The fraction of sp³-hybridized carbons (Fsp3) is 0.0769. The van der Waals surface area contributed by atoms with Gasteiger partial charge in [0, 0.05) is 11.0 Å². The number of aromatic nitrogens is 1. The number of aliphatic imine (C=N–C) groups is 1. The number of hydrogen-bond acceptors (Lipinski definition) is 4. The maximum atomic E-state index is 4.53. The number of hydrogen-bond donors (Lipinski definition) is 1. The van der Waals surface area contributed by atoms with Crippen LogP contribution in [0.15, 0.2) is 52.1 Å². The van der Waals surface area contributed by atoms with Gasteiger partial charge in [0.1, 0.15) is 5.82 Å². The minimum atomic E-state index is 0.708. The smallest absolute Gasteiger partial charge is 0.126 e. The Hall–Kier alpha value is -1.55. The van der Waals surface area contributed by atoms with E-state index in [4.69, 9.17) is 0 Å². The van der Waals surface area contributed by atoms with Crippen molar-refractivity contribution in [3.8, 4) is 0 Å². The van der Waals surface area contributed by atoms with Crippen LogP contribution >= 0.6 is 28.1 Å². The van der Waals surface area contributed by atoms with E-state index >= 15 is 0 Å². The molecule has 0 atom stereocenters. The molecule has 3 nitrogen and oxygen atoms in total. The third-order valence-corrected chi connectivity index (χ3v) is 2.93. The van der Waals surface area contributed by atoms with Gasteiger partial charge < -0.3 is 5.32 Å². The highest BCUT2D eigenvalue weighted by Gasteiger charge is 1.96. The van der Waals surface area contributed by atoms with Gasteiger partial charge in [-0.15, -0.1) is 0 Å².